The van der Waals surface area contributed by atoms with Crippen molar-refractivity contribution in [3.8, 4) is 0 Å². The zero-order chi connectivity index (χ0) is 16.2. The molecule has 4 nitrogen and oxygen atoms in total. The number of fused-ring (bicyclic) bond motifs is 3. The van der Waals surface area contributed by atoms with Gasteiger partial charge in [0.15, 0.2) is 0 Å². The Morgan fingerprint density at radius 1 is 1.21 bits per heavy atom. The van der Waals surface area contributed by atoms with Gasteiger partial charge in [-0.2, -0.15) is 0 Å². The summed E-state index contributed by atoms with van der Waals surface area (Å²) in [7, 11) is 2.20. The van der Waals surface area contributed by atoms with Gasteiger partial charge in [0.2, 0.25) is 0 Å². The summed E-state index contributed by atoms with van der Waals surface area (Å²) in [5, 5.41) is 12.5. The highest BCUT2D eigenvalue weighted by Gasteiger charge is 2.61. The molecule has 1 aromatic heterocycles. The van der Waals surface area contributed by atoms with Crippen molar-refractivity contribution in [3.05, 3.63) is 35.5 Å². The minimum atomic E-state index is -0.350. The number of piperidine rings is 3. The van der Waals surface area contributed by atoms with Crippen LogP contribution in [0.15, 0.2) is 24.3 Å². The molecule has 0 radical (unpaired) electrons. The lowest BCUT2D eigenvalue weighted by Crippen LogP contribution is -2.71. The van der Waals surface area contributed by atoms with E-state index in [0.717, 1.165) is 13.0 Å². The topological polar surface area (TPSA) is 37.6 Å². The summed E-state index contributed by atoms with van der Waals surface area (Å²) in [6, 6.07) is 9.58. The number of hydrogen-bond donors (Lipinski definition) is 1. The van der Waals surface area contributed by atoms with E-state index in [1.54, 1.807) is 0 Å². The van der Waals surface area contributed by atoms with Gasteiger partial charge in [-0.3, -0.25) is 4.90 Å². The number of aliphatic hydroxyl groups excluding tert-OH is 1. The minimum Gasteiger partial charge on any atom is -0.378 e. The van der Waals surface area contributed by atoms with E-state index in [0.29, 0.717) is 23.9 Å². The molecule has 0 saturated carbocycles. The molecule has 24 heavy (non-hydrogen) atoms. The SMILES string of the molecule is C[C@@H]1OC[C@@H]2[C@H]3C[C@H]4c5c(c6ccccc6n5C)C[C@@H]2N4[C@H](O)[C@H]31. The van der Waals surface area contributed by atoms with Gasteiger partial charge in [0.05, 0.1) is 18.8 Å². The number of rotatable bonds is 0. The highest BCUT2D eigenvalue weighted by Crippen LogP contribution is 2.58. The molecule has 6 bridgehead atoms. The third-order valence-electron chi connectivity index (χ3n) is 7.51. The summed E-state index contributed by atoms with van der Waals surface area (Å²) in [6.45, 7) is 3.01. The van der Waals surface area contributed by atoms with Gasteiger partial charge < -0.3 is 14.4 Å². The normalized spacial score (nSPS) is 45.5. The molecule has 4 saturated heterocycles. The van der Waals surface area contributed by atoms with Crippen molar-refractivity contribution in [2.45, 2.75) is 44.2 Å². The molecule has 1 aromatic carbocycles. The van der Waals surface area contributed by atoms with Crippen molar-refractivity contribution < 1.29 is 9.84 Å². The number of aromatic nitrogens is 1. The van der Waals surface area contributed by atoms with Crippen molar-refractivity contribution in [3.63, 3.8) is 0 Å². The lowest BCUT2D eigenvalue weighted by molar-refractivity contribution is -0.275. The minimum absolute atomic E-state index is 0.178. The zero-order valence-corrected chi connectivity index (χ0v) is 14.2. The van der Waals surface area contributed by atoms with Gasteiger partial charge in [0.25, 0.3) is 0 Å². The molecule has 4 fully saturated rings. The number of aryl methyl sites for hydroxylation is 1. The summed E-state index contributed by atoms with van der Waals surface area (Å²) < 4.78 is 8.43. The van der Waals surface area contributed by atoms with E-state index in [-0.39, 0.29) is 18.2 Å². The van der Waals surface area contributed by atoms with E-state index in [1.165, 1.54) is 28.6 Å². The Morgan fingerprint density at radius 3 is 2.92 bits per heavy atom. The highest BCUT2D eigenvalue weighted by atomic mass is 16.5. The average molecular weight is 324 g/mol. The average Bonchev–Trinajstić information content (AvgIpc) is 2.87. The van der Waals surface area contributed by atoms with Crippen LogP contribution < -0.4 is 0 Å². The number of para-hydroxylation sites is 1. The molecule has 0 spiro atoms. The molecule has 0 amide bonds. The summed E-state index contributed by atoms with van der Waals surface area (Å²) >= 11 is 0. The Kier molecular flexibility index (Phi) is 2.56. The molecule has 126 valence electrons. The van der Waals surface area contributed by atoms with E-state index >= 15 is 0 Å². The monoisotopic (exact) mass is 324 g/mol. The van der Waals surface area contributed by atoms with E-state index in [1.807, 2.05) is 0 Å². The zero-order valence-electron chi connectivity index (χ0n) is 14.2. The van der Waals surface area contributed by atoms with Crippen LogP contribution in [0.4, 0.5) is 0 Å². The predicted molar refractivity (Wildman–Crippen MR) is 91.5 cm³/mol. The molecule has 7 rings (SSSR count). The quantitative estimate of drug-likeness (QED) is 0.809. The summed E-state index contributed by atoms with van der Waals surface area (Å²) in [5.41, 5.74) is 4.29. The van der Waals surface area contributed by atoms with Crippen LogP contribution in [0.5, 0.6) is 0 Å². The Balaban J connectivity index is 1.57. The van der Waals surface area contributed by atoms with Gasteiger partial charge in [-0.25, -0.2) is 0 Å². The molecule has 1 unspecified atom stereocenters. The highest BCUT2D eigenvalue weighted by molar-refractivity contribution is 5.86. The molecule has 5 aliphatic heterocycles. The molecular formula is C20H24N2O2. The van der Waals surface area contributed by atoms with Gasteiger partial charge in [-0.05, 0) is 37.3 Å². The number of ether oxygens (including phenoxy) is 1. The van der Waals surface area contributed by atoms with Crippen LogP contribution in [-0.2, 0) is 18.2 Å². The predicted octanol–water partition coefficient (Wildman–Crippen LogP) is 2.45. The largest absolute Gasteiger partial charge is 0.378 e. The molecule has 6 heterocycles. The van der Waals surface area contributed by atoms with E-state index in [2.05, 4.69) is 47.7 Å². The Bertz CT molecular complexity index is 844. The third-order valence-corrected chi connectivity index (χ3v) is 7.51. The molecule has 1 N–H and O–H groups in total. The number of aliphatic hydroxyl groups is 1. The summed E-state index contributed by atoms with van der Waals surface area (Å²) in [4.78, 5) is 2.45. The van der Waals surface area contributed by atoms with Crippen LogP contribution in [0, 0.1) is 17.8 Å². The Hall–Kier alpha value is -1.36. The first-order chi connectivity index (χ1) is 11.7. The maximum Gasteiger partial charge on any atom is 0.113 e. The lowest BCUT2D eigenvalue weighted by atomic mass is 9.59. The second kappa shape index (κ2) is 4.43. The van der Waals surface area contributed by atoms with Crippen molar-refractivity contribution in [1.29, 1.82) is 0 Å². The number of nitrogens with zero attached hydrogens (tertiary/aromatic N) is 2. The van der Waals surface area contributed by atoms with Crippen LogP contribution in [-0.4, -0.2) is 39.6 Å². The number of hydrogen-bond acceptors (Lipinski definition) is 3. The molecule has 5 aliphatic rings. The van der Waals surface area contributed by atoms with E-state index in [9.17, 15) is 5.11 Å². The first-order valence-electron chi connectivity index (χ1n) is 9.30. The van der Waals surface area contributed by atoms with Crippen molar-refractivity contribution >= 4 is 10.9 Å². The van der Waals surface area contributed by atoms with Gasteiger partial charge >= 0.3 is 0 Å². The first-order valence-corrected chi connectivity index (χ1v) is 9.30. The van der Waals surface area contributed by atoms with Crippen molar-refractivity contribution in [1.82, 2.24) is 9.47 Å². The van der Waals surface area contributed by atoms with Crippen LogP contribution >= 0.6 is 0 Å². The van der Waals surface area contributed by atoms with E-state index < -0.39 is 0 Å². The maximum atomic E-state index is 11.1. The Labute approximate surface area is 142 Å². The smallest absolute Gasteiger partial charge is 0.113 e. The molecular weight excluding hydrogens is 300 g/mol. The van der Waals surface area contributed by atoms with E-state index in [4.69, 9.17) is 4.74 Å². The molecule has 8 atom stereocenters. The lowest BCUT2D eigenvalue weighted by Gasteiger charge is -2.65. The maximum absolute atomic E-state index is 11.1. The van der Waals surface area contributed by atoms with Gasteiger partial charge in [-0.15, -0.1) is 0 Å². The van der Waals surface area contributed by atoms with Crippen molar-refractivity contribution in [2.75, 3.05) is 6.61 Å². The molecule has 0 aliphatic carbocycles. The fourth-order valence-electron chi connectivity index (χ4n) is 6.58. The van der Waals surface area contributed by atoms with Crippen LogP contribution in [0.1, 0.15) is 30.6 Å². The van der Waals surface area contributed by atoms with Crippen LogP contribution in [0.3, 0.4) is 0 Å². The molecule has 2 aromatic rings. The third kappa shape index (κ3) is 1.43. The fourth-order valence-corrected chi connectivity index (χ4v) is 6.58. The second-order valence-corrected chi connectivity index (χ2v) is 8.27. The van der Waals surface area contributed by atoms with Gasteiger partial charge in [-0.1, -0.05) is 18.2 Å². The van der Waals surface area contributed by atoms with Crippen molar-refractivity contribution in [2.24, 2.45) is 24.8 Å². The fraction of sp³-hybridized carbons (Fsp3) is 0.600. The molecule has 4 heteroatoms. The summed E-state index contributed by atoms with van der Waals surface area (Å²) in [6.07, 6.45) is 2.05. The second-order valence-electron chi connectivity index (χ2n) is 8.27. The Morgan fingerprint density at radius 2 is 2.04 bits per heavy atom. The van der Waals surface area contributed by atoms with Gasteiger partial charge in [0.1, 0.15) is 6.23 Å². The van der Waals surface area contributed by atoms with Crippen LogP contribution in [0.25, 0.3) is 10.9 Å². The first kappa shape index (κ1) is 13.9. The van der Waals surface area contributed by atoms with Gasteiger partial charge in [0, 0.05) is 41.5 Å². The number of benzene rings is 1. The standard InChI is InChI=1S/C20H24N2O2/c1-10-18-12-7-17-19-13(11-5-3-4-6-15(11)21(19)2)8-16(14(12)9-24-10)22(17)20(18)23/h3-6,10,12,14,16-18,20,23H,7-9H2,1-2H3/t10-,12+,14+,16-,17-,18-,20+/m0/s1. The van der Waals surface area contributed by atoms with Crippen LogP contribution in [0.2, 0.25) is 0 Å². The summed E-state index contributed by atoms with van der Waals surface area (Å²) in [5.74, 6) is 1.47.